The summed E-state index contributed by atoms with van der Waals surface area (Å²) in [7, 11) is 0. The van der Waals surface area contributed by atoms with Crippen molar-refractivity contribution in [3.05, 3.63) is 18.0 Å². The van der Waals surface area contributed by atoms with Crippen molar-refractivity contribution in [1.29, 1.82) is 5.26 Å². The molecule has 0 aromatic carbocycles. The molecule has 3 nitrogen and oxygen atoms in total. The number of rotatable bonds is 5. The summed E-state index contributed by atoms with van der Waals surface area (Å²) >= 11 is 0. The fraction of sp³-hybridized carbons (Fsp3) is 0.862. The van der Waals surface area contributed by atoms with E-state index in [-0.39, 0.29) is 0 Å². The van der Waals surface area contributed by atoms with Crippen LogP contribution in [0, 0.1) is 70.0 Å². The minimum atomic E-state index is 0.521. The maximum atomic E-state index is 9.13. The van der Waals surface area contributed by atoms with E-state index in [1.165, 1.54) is 57.8 Å². The third-order valence-corrected chi connectivity index (χ3v) is 10.9. The second-order valence-electron chi connectivity index (χ2n) is 13.0. The zero-order valence-corrected chi connectivity index (χ0v) is 21.0. The first-order valence-electron chi connectivity index (χ1n) is 13.8. The molecular formula is C29H45N3. The van der Waals surface area contributed by atoms with Gasteiger partial charge < -0.3 is 0 Å². The molecule has 4 saturated carbocycles. The summed E-state index contributed by atoms with van der Waals surface area (Å²) in [6.07, 6.45) is 18.6. The van der Waals surface area contributed by atoms with E-state index in [2.05, 4.69) is 38.9 Å². The lowest BCUT2D eigenvalue weighted by atomic mass is 9.48. The monoisotopic (exact) mass is 435 g/mol. The quantitative estimate of drug-likeness (QED) is 0.486. The van der Waals surface area contributed by atoms with Crippen LogP contribution >= 0.6 is 0 Å². The van der Waals surface area contributed by atoms with Gasteiger partial charge in [0.15, 0.2) is 0 Å². The molecule has 4 aliphatic rings. The van der Waals surface area contributed by atoms with Crippen LogP contribution in [0.5, 0.6) is 0 Å². The van der Waals surface area contributed by atoms with Crippen LogP contribution in [0.15, 0.2) is 12.4 Å². The Balaban J connectivity index is 1.25. The van der Waals surface area contributed by atoms with E-state index in [0.717, 1.165) is 53.9 Å². The van der Waals surface area contributed by atoms with Crippen LogP contribution < -0.4 is 0 Å². The number of hydrogen-bond donors (Lipinski definition) is 0. The topological polar surface area (TPSA) is 41.6 Å². The molecule has 9 atom stereocenters. The predicted molar refractivity (Wildman–Crippen MR) is 130 cm³/mol. The molecule has 176 valence electrons. The summed E-state index contributed by atoms with van der Waals surface area (Å²) in [5.41, 5.74) is 1.21. The van der Waals surface area contributed by atoms with E-state index in [1.54, 1.807) is 12.6 Å². The second-order valence-corrected chi connectivity index (χ2v) is 13.0. The van der Waals surface area contributed by atoms with E-state index in [0.29, 0.717) is 16.9 Å². The van der Waals surface area contributed by atoms with Gasteiger partial charge in [-0.2, -0.15) is 10.4 Å². The predicted octanol–water partition coefficient (Wildman–Crippen LogP) is 7.32. The molecule has 8 unspecified atom stereocenters. The smallest absolute Gasteiger partial charge is 0.102 e. The maximum Gasteiger partial charge on any atom is 0.102 e. The molecule has 1 aromatic heterocycles. The van der Waals surface area contributed by atoms with E-state index in [9.17, 15) is 0 Å². The molecule has 1 heterocycles. The molecule has 32 heavy (non-hydrogen) atoms. The highest BCUT2D eigenvalue weighted by atomic mass is 15.3. The van der Waals surface area contributed by atoms with Crippen molar-refractivity contribution >= 4 is 0 Å². The van der Waals surface area contributed by atoms with Gasteiger partial charge in [-0.25, -0.2) is 0 Å². The van der Waals surface area contributed by atoms with E-state index >= 15 is 0 Å². The van der Waals surface area contributed by atoms with Crippen LogP contribution in [0.2, 0.25) is 0 Å². The minimum Gasteiger partial charge on any atom is -0.271 e. The van der Waals surface area contributed by atoms with E-state index in [1.807, 2.05) is 10.9 Å². The molecule has 0 bridgehead atoms. The zero-order chi connectivity index (χ0) is 22.5. The molecule has 0 spiro atoms. The number of nitrogens with zero attached hydrogens (tertiary/aromatic N) is 3. The molecule has 3 heteroatoms. The van der Waals surface area contributed by atoms with Gasteiger partial charge in [0.05, 0.1) is 11.8 Å². The number of nitriles is 1. The highest BCUT2D eigenvalue weighted by Crippen LogP contribution is 2.65. The fourth-order valence-electron chi connectivity index (χ4n) is 9.75. The van der Waals surface area contributed by atoms with Gasteiger partial charge >= 0.3 is 0 Å². The lowest BCUT2D eigenvalue weighted by Gasteiger charge is -2.57. The Hall–Kier alpha value is -1.30. The van der Waals surface area contributed by atoms with Crippen LogP contribution in [-0.2, 0) is 6.54 Å². The van der Waals surface area contributed by atoms with E-state index < -0.39 is 0 Å². The van der Waals surface area contributed by atoms with Gasteiger partial charge in [-0.05, 0) is 116 Å². The van der Waals surface area contributed by atoms with Crippen LogP contribution in [0.25, 0.3) is 0 Å². The lowest BCUT2D eigenvalue weighted by Crippen LogP contribution is -2.49. The zero-order valence-electron chi connectivity index (χ0n) is 21.0. The summed E-state index contributed by atoms with van der Waals surface area (Å²) < 4.78 is 2.02. The summed E-state index contributed by atoms with van der Waals surface area (Å²) in [6.45, 7) is 10.9. The van der Waals surface area contributed by atoms with Crippen molar-refractivity contribution in [1.82, 2.24) is 9.78 Å². The third-order valence-electron chi connectivity index (χ3n) is 10.9. The minimum absolute atomic E-state index is 0.521. The first-order valence-corrected chi connectivity index (χ1v) is 13.8. The Bertz CT molecular complexity index is 834. The Morgan fingerprint density at radius 1 is 1.06 bits per heavy atom. The molecule has 5 rings (SSSR count). The molecule has 1 aromatic rings. The van der Waals surface area contributed by atoms with Crippen molar-refractivity contribution in [2.24, 2.45) is 58.7 Å². The molecule has 0 N–H and O–H groups in total. The van der Waals surface area contributed by atoms with Gasteiger partial charge in [0.25, 0.3) is 0 Å². The molecular weight excluding hydrogens is 390 g/mol. The molecule has 0 aliphatic heterocycles. The average molecular weight is 436 g/mol. The number of fused-ring (bicyclic) bond motifs is 5. The van der Waals surface area contributed by atoms with Gasteiger partial charge in [0, 0.05) is 12.7 Å². The first kappa shape index (κ1) is 22.5. The average Bonchev–Trinajstić information content (AvgIpc) is 3.36. The molecule has 0 amide bonds. The van der Waals surface area contributed by atoms with E-state index in [4.69, 9.17) is 5.26 Å². The molecule has 4 aliphatic carbocycles. The summed E-state index contributed by atoms with van der Waals surface area (Å²) in [5.74, 6) is 8.41. The number of aromatic nitrogens is 2. The maximum absolute atomic E-state index is 9.13. The van der Waals surface area contributed by atoms with Gasteiger partial charge in [-0.1, -0.05) is 34.1 Å². The standard InChI is InChI=1S/C29H45N3/c1-19(2)13-21-5-7-24-23(14-21)6-8-26-25(24)11-12-29(4)27(9-10-28(26)29)20(3)17-32-18-22(15-30)16-31-32/h16,18-21,23-28H,5-14,17H2,1-4H3/t20-,21?,23?,24?,25?,26?,27?,28?,29?/m1/s1. The first-order chi connectivity index (χ1) is 15.4. The van der Waals surface area contributed by atoms with Crippen LogP contribution in [-0.4, -0.2) is 9.78 Å². The highest BCUT2D eigenvalue weighted by Gasteiger charge is 2.57. The van der Waals surface area contributed by atoms with Crippen molar-refractivity contribution in [3.63, 3.8) is 0 Å². The van der Waals surface area contributed by atoms with Crippen LogP contribution in [0.1, 0.15) is 97.5 Å². The summed E-state index contributed by atoms with van der Waals surface area (Å²) in [5, 5.41) is 13.6. The normalized spacial score (nSPS) is 42.1. The summed E-state index contributed by atoms with van der Waals surface area (Å²) in [4.78, 5) is 0. The molecule has 4 fully saturated rings. The van der Waals surface area contributed by atoms with Crippen molar-refractivity contribution in [2.45, 2.75) is 98.4 Å². The largest absolute Gasteiger partial charge is 0.271 e. The van der Waals surface area contributed by atoms with Gasteiger partial charge in [0.1, 0.15) is 6.07 Å². The molecule has 0 radical (unpaired) electrons. The van der Waals surface area contributed by atoms with Crippen molar-refractivity contribution < 1.29 is 0 Å². The van der Waals surface area contributed by atoms with Crippen molar-refractivity contribution in [2.75, 3.05) is 0 Å². The van der Waals surface area contributed by atoms with Gasteiger partial charge in [-0.3, -0.25) is 4.68 Å². The van der Waals surface area contributed by atoms with Crippen LogP contribution in [0.3, 0.4) is 0 Å². The SMILES string of the molecule is CC(C)CC1CCC2C(CCC3C2CCC2(C)C3CCC2[C@H](C)Cn2cc(C#N)cn2)C1. The van der Waals surface area contributed by atoms with Crippen molar-refractivity contribution in [3.8, 4) is 6.07 Å². The van der Waals surface area contributed by atoms with Gasteiger partial charge in [-0.15, -0.1) is 0 Å². The Kier molecular flexibility index (Phi) is 6.19. The summed E-state index contributed by atoms with van der Waals surface area (Å²) in [6, 6.07) is 2.23. The second kappa shape index (κ2) is 8.81. The Morgan fingerprint density at radius 2 is 1.88 bits per heavy atom. The lowest BCUT2D eigenvalue weighted by molar-refractivity contribution is -0.0754. The van der Waals surface area contributed by atoms with Gasteiger partial charge in [0.2, 0.25) is 0 Å². The molecule has 0 saturated heterocycles. The number of hydrogen-bond acceptors (Lipinski definition) is 2. The van der Waals surface area contributed by atoms with Crippen LogP contribution in [0.4, 0.5) is 0 Å². The fourth-order valence-corrected chi connectivity index (χ4v) is 9.75. The third kappa shape index (κ3) is 3.95. The Labute approximate surface area is 196 Å². The Morgan fingerprint density at radius 3 is 2.62 bits per heavy atom. The highest BCUT2D eigenvalue weighted by molar-refractivity contribution is 5.21.